The second-order valence-corrected chi connectivity index (χ2v) is 4.85. The van der Waals surface area contributed by atoms with E-state index in [1.165, 1.54) is 11.1 Å². The molecule has 0 saturated carbocycles. The van der Waals surface area contributed by atoms with Gasteiger partial charge in [-0.2, -0.15) is 0 Å². The number of nitrogens with one attached hydrogen (secondary N) is 1. The first kappa shape index (κ1) is 13.5. The summed E-state index contributed by atoms with van der Waals surface area (Å²) in [7, 11) is 0. The third kappa shape index (κ3) is 3.23. The minimum atomic E-state index is 0.364. The first-order valence-corrected chi connectivity index (χ1v) is 6.47. The zero-order valence-electron chi connectivity index (χ0n) is 10.7. The van der Waals surface area contributed by atoms with Crippen molar-refractivity contribution in [1.29, 1.82) is 0 Å². The van der Waals surface area contributed by atoms with E-state index in [0.717, 1.165) is 18.0 Å². The fourth-order valence-electron chi connectivity index (χ4n) is 1.96. The van der Waals surface area contributed by atoms with Gasteiger partial charge in [0, 0.05) is 11.1 Å². The topological polar surface area (TPSA) is 12.0 Å². The summed E-state index contributed by atoms with van der Waals surface area (Å²) in [6, 6.07) is 6.69. The van der Waals surface area contributed by atoms with Crippen LogP contribution in [-0.4, -0.2) is 6.54 Å². The highest BCUT2D eigenvalue weighted by Crippen LogP contribution is 2.30. The van der Waals surface area contributed by atoms with Crippen molar-refractivity contribution < 1.29 is 0 Å². The number of aryl methyl sites for hydroxylation is 1. The van der Waals surface area contributed by atoms with Crippen molar-refractivity contribution >= 4 is 11.6 Å². The van der Waals surface area contributed by atoms with E-state index >= 15 is 0 Å². The van der Waals surface area contributed by atoms with Crippen LogP contribution >= 0.6 is 11.6 Å². The van der Waals surface area contributed by atoms with Gasteiger partial charge in [-0.25, -0.2) is 0 Å². The Balaban J connectivity index is 3.00. The van der Waals surface area contributed by atoms with E-state index in [1.54, 1.807) is 0 Å². The van der Waals surface area contributed by atoms with Gasteiger partial charge in [-0.15, -0.1) is 0 Å². The Morgan fingerprint density at radius 2 is 2.00 bits per heavy atom. The van der Waals surface area contributed by atoms with E-state index in [-0.39, 0.29) is 0 Å². The summed E-state index contributed by atoms with van der Waals surface area (Å²) < 4.78 is 0. The van der Waals surface area contributed by atoms with Crippen LogP contribution in [0.3, 0.4) is 0 Å². The van der Waals surface area contributed by atoms with E-state index in [4.69, 9.17) is 11.6 Å². The summed E-state index contributed by atoms with van der Waals surface area (Å²) in [6.45, 7) is 9.67. The zero-order chi connectivity index (χ0) is 12.1. The molecule has 0 saturated heterocycles. The molecule has 90 valence electrons. The Morgan fingerprint density at radius 3 is 2.50 bits per heavy atom. The molecule has 1 rings (SSSR count). The van der Waals surface area contributed by atoms with Crippen molar-refractivity contribution in [2.24, 2.45) is 5.92 Å². The standard InChI is InChI=1S/C14H22ClN/c1-5-11(4)14(16-6-2)12-8-7-10(3)9-13(12)15/h7-9,11,14,16H,5-6H2,1-4H3. The highest BCUT2D eigenvalue weighted by molar-refractivity contribution is 6.31. The Hall–Kier alpha value is -0.530. The molecular formula is C14H22ClN. The van der Waals surface area contributed by atoms with Gasteiger partial charge in [0.1, 0.15) is 0 Å². The molecule has 0 amide bonds. The van der Waals surface area contributed by atoms with E-state index in [0.29, 0.717) is 12.0 Å². The molecule has 0 aliphatic carbocycles. The second-order valence-electron chi connectivity index (χ2n) is 4.45. The average Bonchev–Trinajstić information content (AvgIpc) is 2.26. The van der Waals surface area contributed by atoms with Gasteiger partial charge in [0.15, 0.2) is 0 Å². The molecule has 0 heterocycles. The highest BCUT2D eigenvalue weighted by Gasteiger charge is 2.19. The molecule has 0 spiro atoms. The third-order valence-electron chi connectivity index (χ3n) is 3.13. The summed E-state index contributed by atoms with van der Waals surface area (Å²) in [6.07, 6.45) is 1.15. The van der Waals surface area contributed by atoms with Gasteiger partial charge >= 0.3 is 0 Å². The first-order chi connectivity index (χ1) is 7.60. The molecule has 0 bridgehead atoms. The molecule has 0 radical (unpaired) electrons. The van der Waals surface area contributed by atoms with Gasteiger partial charge in [0.2, 0.25) is 0 Å². The summed E-state index contributed by atoms with van der Waals surface area (Å²) in [5, 5.41) is 4.41. The van der Waals surface area contributed by atoms with Gasteiger partial charge in [0.05, 0.1) is 0 Å². The fraction of sp³-hybridized carbons (Fsp3) is 0.571. The monoisotopic (exact) mass is 239 g/mol. The average molecular weight is 240 g/mol. The lowest BCUT2D eigenvalue weighted by Gasteiger charge is -2.25. The van der Waals surface area contributed by atoms with Gasteiger partial charge in [0.25, 0.3) is 0 Å². The van der Waals surface area contributed by atoms with Gasteiger partial charge in [-0.3, -0.25) is 0 Å². The summed E-state index contributed by atoms with van der Waals surface area (Å²) in [5.41, 5.74) is 2.44. The van der Waals surface area contributed by atoms with E-state index in [9.17, 15) is 0 Å². The molecule has 0 aliphatic rings. The maximum absolute atomic E-state index is 6.32. The molecule has 1 N–H and O–H groups in total. The predicted molar refractivity (Wildman–Crippen MR) is 72.1 cm³/mol. The van der Waals surface area contributed by atoms with Crippen LogP contribution < -0.4 is 5.32 Å². The molecule has 2 unspecified atom stereocenters. The highest BCUT2D eigenvalue weighted by atomic mass is 35.5. The minimum absolute atomic E-state index is 0.364. The van der Waals surface area contributed by atoms with Crippen LogP contribution in [0.25, 0.3) is 0 Å². The molecule has 0 fully saturated rings. The van der Waals surface area contributed by atoms with Crippen LogP contribution in [0.1, 0.15) is 44.4 Å². The lowest BCUT2D eigenvalue weighted by molar-refractivity contribution is 0.384. The van der Waals surface area contributed by atoms with E-state index < -0.39 is 0 Å². The van der Waals surface area contributed by atoms with Gasteiger partial charge in [-0.05, 0) is 36.6 Å². The van der Waals surface area contributed by atoms with Crippen molar-refractivity contribution in [3.63, 3.8) is 0 Å². The molecule has 1 aromatic rings. The molecule has 1 aromatic carbocycles. The van der Waals surface area contributed by atoms with Crippen molar-refractivity contribution in [1.82, 2.24) is 5.32 Å². The lowest BCUT2D eigenvalue weighted by atomic mass is 9.92. The van der Waals surface area contributed by atoms with E-state index in [2.05, 4.69) is 45.1 Å². The Labute approximate surface area is 104 Å². The van der Waals surface area contributed by atoms with E-state index in [1.807, 2.05) is 6.07 Å². The Morgan fingerprint density at radius 1 is 1.31 bits per heavy atom. The van der Waals surface area contributed by atoms with Crippen LogP contribution in [0.2, 0.25) is 5.02 Å². The molecule has 0 aromatic heterocycles. The Kier molecular flexibility index (Phi) is 5.30. The smallest absolute Gasteiger partial charge is 0.0456 e. The molecule has 1 nitrogen and oxygen atoms in total. The zero-order valence-corrected chi connectivity index (χ0v) is 11.4. The number of halogens is 1. The van der Waals surface area contributed by atoms with Crippen LogP contribution in [0.15, 0.2) is 18.2 Å². The van der Waals surface area contributed by atoms with Crippen molar-refractivity contribution in [3.8, 4) is 0 Å². The van der Waals surface area contributed by atoms with Crippen molar-refractivity contribution in [2.45, 2.75) is 40.2 Å². The first-order valence-electron chi connectivity index (χ1n) is 6.09. The van der Waals surface area contributed by atoms with Crippen LogP contribution in [-0.2, 0) is 0 Å². The number of hydrogen-bond donors (Lipinski definition) is 1. The summed E-state index contributed by atoms with van der Waals surface area (Å²) >= 11 is 6.32. The van der Waals surface area contributed by atoms with Gasteiger partial charge < -0.3 is 5.32 Å². The largest absolute Gasteiger partial charge is 0.310 e. The quantitative estimate of drug-likeness (QED) is 0.806. The maximum atomic E-state index is 6.32. The van der Waals surface area contributed by atoms with Crippen molar-refractivity contribution in [3.05, 3.63) is 34.3 Å². The fourth-order valence-corrected chi connectivity index (χ4v) is 2.31. The summed E-state index contributed by atoms with van der Waals surface area (Å²) in [5.74, 6) is 0.597. The maximum Gasteiger partial charge on any atom is 0.0456 e. The Bertz CT molecular complexity index is 336. The van der Waals surface area contributed by atoms with Crippen molar-refractivity contribution in [2.75, 3.05) is 6.54 Å². The minimum Gasteiger partial charge on any atom is -0.310 e. The number of rotatable bonds is 5. The normalized spacial score (nSPS) is 14.8. The molecule has 0 aliphatic heterocycles. The van der Waals surface area contributed by atoms with Crippen LogP contribution in [0, 0.1) is 12.8 Å². The van der Waals surface area contributed by atoms with Gasteiger partial charge in [-0.1, -0.05) is 50.9 Å². The second kappa shape index (κ2) is 6.27. The SMILES string of the molecule is CCNC(c1ccc(C)cc1Cl)C(C)CC. The predicted octanol–water partition coefficient (Wildman–Crippen LogP) is 4.35. The number of hydrogen-bond acceptors (Lipinski definition) is 1. The molecule has 2 heteroatoms. The number of benzene rings is 1. The van der Waals surface area contributed by atoms with Crippen LogP contribution in [0.5, 0.6) is 0 Å². The molecule has 2 atom stereocenters. The third-order valence-corrected chi connectivity index (χ3v) is 3.46. The summed E-state index contributed by atoms with van der Waals surface area (Å²) in [4.78, 5) is 0. The molecular weight excluding hydrogens is 218 g/mol. The van der Waals surface area contributed by atoms with Crippen LogP contribution in [0.4, 0.5) is 0 Å². The lowest BCUT2D eigenvalue weighted by Crippen LogP contribution is -2.26. The molecule has 16 heavy (non-hydrogen) atoms.